The zero-order valence-electron chi connectivity index (χ0n) is 11.5. The molecule has 0 atom stereocenters. The van der Waals surface area contributed by atoms with Crippen molar-refractivity contribution in [1.29, 1.82) is 0 Å². The molecule has 4 nitrogen and oxygen atoms in total. The minimum Gasteiger partial charge on any atom is -0.422 e. The van der Waals surface area contributed by atoms with E-state index in [1.54, 1.807) is 42.5 Å². The van der Waals surface area contributed by atoms with Crippen LogP contribution in [0.5, 0.6) is 0 Å². The summed E-state index contributed by atoms with van der Waals surface area (Å²) in [7, 11) is 0. The summed E-state index contributed by atoms with van der Waals surface area (Å²) in [5.74, 6) is -0.153. The van der Waals surface area contributed by atoms with E-state index in [2.05, 4.69) is 4.98 Å². The number of hydrogen-bond donors (Lipinski definition) is 1. The molecule has 0 fully saturated rings. The Labute approximate surface area is 125 Å². The van der Waals surface area contributed by atoms with Gasteiger partial charge in [0.25, 0.3) is 0 Å². The lowest BCUT2D eigenvalue weighted by Gasteiger charge is -1.98. The molecule has 2 aromatic heterocycles. The average molecular weight is 289 g/mol. The van der Waals surface area contributed by atoms with Gasteiger partial charge in [0.2, 0.25) is 5.78 Å². The smallest absolute Gasteiger partial charge is 0.345 e. The van der Waals surface area contributed by atoms with E-state index in [-0.39, 0.29) is 5.78 Å². The van der Waals surface area contributed by atoms with E-state index in [1.807, 2.05) is 18.2 Å². The van der Waals surface area contributed by atoms with Crippen LogP contribution in [0.2, 0.25) is 0 Å². The summed E-state index contributed by atoms with van der Waals surface area (Å²) in [5, 5.41) is 1.17. The van der Waals surface area contributed by atoms with Crippen LogP contribution < -0.4 is 5.63 Å². The molecule has 0 amide bonds. The predicted molar refractivity (Wildman–Crippen MR) is 84.2 cm³/mol. The molecule has 4 aromatic rings. The molecule has 22 heavy (non-hydrogen) atoms. The van der Waals surface area contributed by atoms with Crippen LogP contribution in [0.3, 0.4) is 0 Å². The van der Waals surface area contributed by atoms with Crippen molar-refractivity contribution in [2.75, 3.05) is 0 Å². The first-order valence-corrected chi connectivity index (χ1v) is 6.88. The van der Waals surface area contributed by atoms with Gasteiger partial charge in [-0.05, 0) is 18.2 Å². The summed E-state index contributed by atoms with van der Waals surface area (Å²) >= 11 is 0. The normalized spacial score (nSPS) is 11.1. The number of carbonyl (C=O) groups excluding carboxylic acids is 1. The Morgan fingerprint density at radius 2 is 1.64 bits per heavy atom. The lowest BCUT2D eigenvalue weighted by atomic mass is 10.1. The number of hydrogen-bond acceptors (Lipinski definition) is 3. The molecule has 0 saturated heterocycles. The first-order valence-electron chi connectivity index (χ1n) is 6.88. The highest BCUT2D eigenvalue weighted by molar-refractivity contribution is 6.12. The van der Waals surface area contributed by atoms with Gasteiger partial charge in [-0.15, -0.1) is 0 Å². The zero-order valence-corrected chi connectivity index (χ0v) is 11.5. The molecule has 2 heterocycles. The van der Waals surface area contributed by atoms with Crippen LogP contribution in [0.15, 0.2) is 69.9 Å². The molecule has 0 unspecified atom stereocenters. The third kappa shape index (κ3) is 1.85. The fraction of sp³-hybridized carbons (Fsp3) is 0. The number of ketones is 1. The van der Waals surface area contributed by atoms with Gasteiger partial charge >= 0.3 is 5.63 Å². The van der Waals surface area contributed by atoms with Crippen LogP contribution in [0.4, 0.5) is 0 Å². The Bertz CT molecular complexity index is 1060. The molecule has 4 rings (SSSR count). The van der Waals surface area contributed by atoms with Crippen molar-refractivity contribution in [2.24, 2.45) is 0 Å². The zero-order chi connectivity index (χ0) is 15.1. The molecule has 0 saturated carbocycles. The van der Waals surface area contributed by atoms with E-state index in [4.69, 9.17) is 4.42 Å². The van der Waals surface area contributed by atoms with Crippen molar-refractivity contribution in [3.05, 3.63) is 82.3 Å². The number of fused-ring (bicyclic) bond motifs is 3. The number of H-pyrrole nitrogens is 1. The molecule has 1 N–H and O–H groups in total. The van der Waals surface area contributed by atoms with E-state index < -0.39 is 5.63 Å². The largest absolute Gasteiger partial charge is 0.422 e. The van der Waals surface area contributed by atoms with E-state index in [0.717, 1.165) is 5.39 Å². The van der Waals surface area contributed by atoms with E-state index in [1.165, 1.54) is 0 Å². The van der Waals surface area contributed by atoms with E-state index in [9.17, 15) is 9.59 Å². The van der Waals surface area contributed by atoms with Crippen LogP contribution in [-0.4, -0.2) is 10.8 Å². The summed E-state index contributed by atoms with van der Waals surface area (Å²) in [6.07, 6.45) is 0. The molecule has 0 spiro atoms. The molecule has 0 aliphatic rings. The first-order chi connectivity index (χ1) is 10.7. The van der Waals surface area contributed by atoms with Crippen molar-refractivity contribution < 1.29 is 9.21 Å². The lowest BCUT2D eigenvalue weighted by Crippen LogP contribution is -2.00. The summed E-state index contributed by atoms with van der Waals surface area (Å²) in [4.78, 5) is 27.6. The topological polar surface area (TPSA) is 63.1 Å². The highest BCUT2D eigenvalue weighted by atomic mass is 16.4. The summed E-state index contributed by atoms with van der Waals surface area (Å²) < 4.78 is 5.29. The number of para-hydroxylation sites is 1. The Morgan fingerprint density at radius 3 is 2.45 bits per heavy atom. The highest BCUT2D eigenvalue weighted by Gasteiger charge is 2.16. The molecule has 4 heteroatoms. The molecular weight excluding hydrogens is 278 g/mol. The Balaban J connectivity index is 1.98. The second-order valence-electron chi connectivity index (χ2n) is 5.05. The number of aromatic amines is 1. The second kappa shape index (κ2) is 4.70. The maximum atomic E-state index is 12.5. The first kappa shape index (κ1) is 12.6. The Morgan fingerprint density at radius 1 is 0.909 bits per heavy atom. The molecular formula is C18H11NO3. The van der Waals surface area contributed by atoms with Gasteiger partial charge < -0.3 is 9.40 Å². The fourth-order valence-corrected chi connectivity index (χ4v) is 2.61. The second-order valence-corrected chi connectivity index (χ2v) is 5.05. The molecule has 0 aliphatic heterocycles. The van der Waals surface area contributed by atoms with Crippen LogP contribution in [0.1, 0.15) is 16.1 Å². The Kier molecular flexibility index (Phi) is 2.69. The number of aromatic nitrogens is 1. The van der Waals surface area contributed by atoms with Gasteiger partial charge in [-0.25, -0.2) is 4.79 Å². The van der Waals surface area contributed by atoms with Gasteiger partial charge in [-0.1, -0.05) is 42.5 Å². The maximum absolute atomic E-state index is 12.5. The SMILES string of the molecule is O=C(c1ccccc1)c1cc2c(=O)oc3ccccc3c2[nH]1. The maximum Gasteiger partial charge on any atom is 0.345 e. The van der Waals surface area contributed by atoms with Gasteiger partial charge in [0.15, 0.2) is 0 Å². The third-order valence-electron chi connectivity index (χ3n) is 3.68. The molecule has 0 radical (unpaired) electrons. The average Bonchev–Trinajstić information content (AvgIpc) is 3.01. The fourth-order valence-electron chi connectivity index (χ4n) is 2.61. The van der Waals surface area contributed by atoms with Gasteiger partial charge in [-0.2, -0.15) is 0 Å². The highest BCUT2D eigenvalue weighted by Crippen LogP contribution is 2.23. The van der Waals surface area contributed by atoms with Crippen molar-refractivity contribution in [3.8, 4) is 0 Å². The molecule has 0 aliphatic carbocycles. The molecule has 106 valence electrons. The van der Waals surface area contributed by atoms with Crippen LogP contribution >= 0.6 is 0 Å². The lowest BCUT2D eigenvalue weighted by molar-refractivity contribution is 0.103. The van der Waals surface area contributed by atoms with Crippen molar-refractivity contribution >= 4 is 27.7 Å². The Hall–Kier alpha value is -3.14. The van der Waals surface area contributed by atoms with Gasteiger partial charge in [0.05, 0.1) is 16.6 Å². The molecule has 0 bridgehead atoms. The third-order valence-corrected chi connectivity index (χ3v) is 3.68. The monoisotopic (exact) mass is 289 g/mol. The van der Waals surface area contributed by atoms with Crippen molar-refractivity contribution in [1.82, 2.24) is 4.98 Å². The van der Waals surface area contributed by atoms with Crippen molar-refractivity contribution in [2.45, 2.75) is 0 Å². The van der Waals surface area contributed by atoms with Gasteiger partial charge in [0, 0.05) is 10.9 Å². The summed E-state index contributed by atoms with van der Waals surface area (Å²) in [6.45, 7) is 0. The summed E-state index contributed by atoms with van der Waals surface area (Å²) in [6, 6.07) is 17.8. The van der Waals surface area contributed by atoms with E-state index >= 15 is 0 Å². The minimum atomic E-state index is -0.447. The number of nitrogens with one attached hydrogen (secondary N) is 1. The molecule has 2 aromatic carbocycles. The van der Waals surface area contributed by atoms with Crippen LogP contribution in [-0.2, 0) is 0 Å². The summed E-state index contributed by atoms with van der Waals surface area (Å²) in [5.41, 5.74) is 1.64. The standard InChI is InChI=1S/C18H11NO3/c20-17(11-6-2-1-3-7-11)14-10-13-16(19-14)12-8-4-5-9-15(12)22-18(13)21/h1-10,19H. The number of rotatable bonds is 2. The number of carbonyl (C=O) groups is 1. The van der Waals surface area contributed by atoms with E-state index in [0.29, 0.717) is 27.7 Å². The predicted octanol–water partition coefficient (Wildman–Crippen LogP) is 3.51. The van der Waals surface area contributed by atoms with Gasteiger partial charge in [0.1, 0.15) is 5.58 Å². The minimum absolute atomic E-state index is 0.153. The quantitative estimate of drug-likeness (QED) is 0.454. The van der Waals surface area contributed by atoms with Crippen LogP contribution in [0.25, 0.3) is 21.9 Å². The van der Waals surface area contributed by atoms with Crippen LogP contribution in [0, 0.1) is 0 Å². The number of benzene rings is 2. The van der Waals surface area contributed by atoms with Crippen molar-refractivity contribution in [3.63, 3.8) is 0 Å². The van der Waals surface area contributed by atoms with Gasteiger partial charge in [-0.3, -0.25) is 4.79 Å².